The molecule has 0 unspecified atom stereocenters. The van der Waals surface area contributed by atoms with Gasteiger partial charge in [-0.1, -0.05) is 30.5 Å². The summed E-state index contributed by atoms with van der Waals surface area (Å²) >= 11 is 13.5. The van der Waals surface area contributed by atoms with Crippen molar-refractivity contribution < 1.29 is 0 Å². The molecular weight excluding hydrogens is 372 g/mol. The van der Waals surface area contributed by atoms with Gasteiger partial charge in [-0.15, -0.1) is 11.3 Å². The molecule has 2 aromatic heterocycles. The van der Waals surface area contributed by atoms with Crippen molar-refractivity contribution in [3.63, 3.8) is 0 Å². The maximum Gasteiger partial charge on any atom is 0.267 e. The van der Waals surface area contributed by atoms with Crippen LogP contribution in [0.5, 0.6) is 0 Å². The number of aromatic amines is 1. The molecule has 0 spiro atoms. The second-order valence-electron chi connectivity index (χ2n) is 6.58. The monoisotopic (exact) mass is 390 g/mol. The zero-order chi connectivity index (χ0) is 17.6. The van der Waals surface area contributed by atoms with Gasteiger partial charge in [0.15, 0.2) is 4.77 Å². The number of aromatic nitrogens is 2. The topological polar surface area (TPSA) is 37.8 Å². The van der Waals surface area contributed by atoms with Crippen LogP contribution in [0.25, 0.3) is 15.9 Å². The first-order chi connectivity index (χ1) is 12.1. The van der Waals surface area contributed by atoms with E-state index in [-0.39, 0.29) is 5.56 Å². The van der Waals surface area contributed by atoms with Crippen LogP contribution in [0.1, 0.15) is 41.7 Å². The number of hydrogen-bond donors (Lipinski definition) is 1. The Morgan fingerprint density at radius 1 is 1.20 bits per heavy atom. The van der Waals surface area contributed by atoms with Crippen molar-refractivity contribution in [2.45, 2.75) is 45.4 Å². The zero-order valence-corrected chi connectivity index (χ0v) is 16.4. The van der Waals surface area contributed by atoms with E-state index in [1.54, 1.807) is 15.9 Å². The van der Waals surface area contributed by atoms with Crippen LogP contribution in [0.3, 0.4) is 0 Å². The highest BCUT2D eigenvalue weighted by Crippen LogP contribution is 2.33. The molecular formula is C19H19ClN2OS2. The third kappa shape index (κ3) is 2.88. The van der Waals surface area contributed by atoms with Gasteiger partial charge in [0.2, 0.25) is 0 Å². The standard InChI is InChI=1S/C19H19ClN2OS2/c1-11-13(20)8-6-9-14(11)22-18(23)16-12-7-4-2-3-5-10-15(12)25-17(16)21-19(22)24/h6,8-9H,2-5,7,10H2,1H3,(H,21,24). The van der Waals surface area contributed by atoms with Gasteiger partial charge in [0.1, 0.15) is 4.83 Å². The summed E-state index contributed by atoms with van der Waals surface area (Å²) in [5.74, 6) is 0. The van der Waals surface area contributed by atoms with Crippen LogP contribution in [0, 0.1) is 11.7 Å². The number of nitrogens with one attached hydrogen (secondary N) is 1. The molecule has 0 saturated heterocycles. The van der Waals surface area contributed by atoms with E-state index in [0.29, 0.717) is 9.79 Å². The van der Waals surface area contributed by atoms with E-state index in [9.17, 15) is 4.79 Å². The first kappa shape index (κ1) is 17.0. The molecule has 2 heterocycles. The smallest absolute Gasteiger partial charge is 0.267 e. The second kappa shape index (κ2) is 6.71. The van der Waals surface area contributed by atoms with E-state index in [2.05, 4.69) is 4.98 Å². The number of nitrogens with zero attached hydrogens (tertiary/aromatic N) is 1. The van der Waals surface area contributed by atoms with E-state index >= 15 is 0 Å². The molecule has 0 fully saturated rings. The van der Waals surface area contributed by atoms with E-state index in [0.717, 1.165) is 40.7 Å². The van der Waals surface area contributed by atoms with E-state index < -0.39 is 0 Å². The largest absolute Gasteiger partial charge is 0.323 e. The van der Waals surface area contributed by atoms with Gasteiger partial charge < -0.3 is 4.98 Å². The minimum Gasteiger partial charge on any atom is -0.323 e. The lowest BCUT2D eigenvalue weighted by molar-refractivity contribution is 0.623. The SMILES string of the molecule is Cc1c(Cl)cccc1-n1c(=S)[nH]c2sc3c(c2c1=O)CCCCCC3. The third-order valence-corrected chi connectivity index (χ3v) is 6.89. The number of hydrogen-bond acceptors (Lipinski definition) is 3. The quantitative estimate of drug-likeness (QED) is 0.538. The van der Waals surface area contributed by atoms with Gasteiger partial charge in [-0.05, 0) is 68.1 Å². The molecule has 0 aliphatic heterocycles. The summed E-state index contributed by atoms with van der Waals surface area (Å²) in [4.78, 5) is 18.9. The Bertz CT molecular complexity index is 1080. The molecule has 1 aromatic carbocycles. The Morgan fingerprint density at radius 2 is 1.96 bits per heavy atom. The first-order valence-corrected chi connectivity index (χ1v) is 10.2. The number of H-pyrrole nitrogens is 1. The molecule has 3 nitrogen and oxygen atoms in total. The van der Waals surface area contributed by atoms with Crippen molar-refractivity contribution in [3.8, 4) is 5.69 Å². The highest BCUT2D eigenvalue weighted by molar-refractivity contribution is 7.71. The number of benzene rings is 1. The summed E-state index contributed by atoms with van der Waals surface area (Å²) in [5, 5.41) is 1.45. The molecule has 25 heavy (non-hydrogen) atoms. The molecule has 1 aliphatic rings. The number of halogens is 1. The maximum atomic E-state index is 13.4. The lowest BCUT2D eigenvalue weighted by Crippen LogP contribution is -2.21. The van der Waals surface area contributed by atoms with Crippen LogP contribution < -0.4 is 5.56 Å². The van der Waals surface area contributed by atoms with Crippen molar-refractivity contribution in [1.29, 1.82) is 0 Å². The van der Waals surface area contributed by atoms with E-state index in [4.69, 9.17) is 23.8 Å². The molecule has 6 heteroatoms. The van der Waals surface area contributed by atoms with Gasteiger partial charge >= 0.3 is 0 Å². The highest BCUT2D eigenvalue weighted by Gasteiger charge is 2.20. The van der Waals surface area contributed by atoms with Gasteiger partial charge in [0, 0.05) is 9.90 Å². The average molecular weight is 391 g/mol. The van der Waals surface area contributed by atoms with E-state index in [1.807, 2.05) is 25.1 Å². The lowest BCUT2D eigenvalue weighted by atomic mass is 9.98. The van der Waals surface area contributed by atoms with Crippen LogP contribution in [0.4, 0.5) is 0 Å². The minimum atomic E-state index is -0.0257. The minimum absolute atomic E-state index is 0.0257. The molecule has 1 N–H and O–H groups in total. The number of fused-ring (bicyclic) bond motifs is 3. The number of rotatable bonds is 1. The Hall–Kier alpha value is -1.43. The Labute approximate surface area is 160 Å². The van der Waals surface area contributed by atoms with Crippen molar-refractivity contribution >= 4 is 45.4 Å². The van der Waals surface area contributed by atoms with Gasteiger partial charge in [0.05, 0.1) is 11.1 Å². The lowest BCUT2D eigenvalue weighted by Gasteiger charge is -2.12. The maximum absolute atomic E-state index is 13.4. The molecule has 4 rings (SSSR count). The fourth-order valence-corrected chi connectivity index (χ4v) is 5.45. The molecule has 0 amide bonds. The molecule has 0 bridgehead atoms. The first-order valence-electron chi connectivity index (χ1n) is 8.63. The summed E-state index contributed by atoms with van der Waals surface area (Å²) < 4.78 is 2.03. The molecule has 0 atom stereocenters. The average Bonchev–Trinajstić information content (AvgIpc) is 2.88. The summed E-state index contributed by atoms with van der Waals surface area (Å²) in [7, 11) is 0. The summed E-state index contributed by atoms with van der Waals surface area (Å²) in [6.45, 7) is 1.92. The summed E-state index contributed by atoms with van der Waals surface area (Å²) in [6.07, 6.45) is 6.89. The van der Waals surface area contributed by atoms with Gasteiger partial charge in [-0.3, -0.25) is 9.36 Å². The van der Waals surface area contributed by atoms with Crippen molar-refractivity contribution in [2.24, 2.45) is 0 Å². The fourth-order valence-electron chi connectivity index (χ4n) is 3.65. The molecule has 0 radical (unpaired) electrons. The molecule has 130 valence electrons. The highest BCUT2D eigenvalue weighted by atomic mass is 35.5. The Kier molecular flexibility index (Phi) is 4.56. The predicted octanol–water partition coefficient (Wildman–Crippen LogP) is 5.73. The van der Waals surface area contributed by atoms with Crippen LogP contribution in [-0.4, -0.2) is 9.55 Å². The zero-order valence-electron chi connectivity index (χ0n) is 14.0. The predicted molar refractivity (Wildman–Crippen MR) is 108 cm³/mol. The van der Waals surface area contributed by atoms with Crippen molar-refractivity contribution in [3.05, 3.63) is 54.4 Å². The third-order valence-electron chi connectivity index (χ3n) is 4.99. The summed E-state index contributed by atoms with van der Waals surface area (Å²) in [5.41, 5.74) is 2.82. The number of aryl methyl sites for hydroxylation is 2. The number of thiophene rings is 1. The fraction of sp³-hybridized carbons (Fsp3) is 0.368. The van der Waals surface area contributed by atoms with Crippen LogP contribution in [0.2, 0.25) is 5.02 Å². The van der Waals surface area contributed by atoms with Crippen LogP contribution in [-0.2, 0) is 12.8 Å². The molecule has 1 aliphatic carbocycles. The molecule has 0 saturated carbocycles. The summed E-state index contributed by atoms with van der Waals surface area (Å²) in [6, 6.07) is 5.58. The van der Waals surface area contributed by atoms with Crippen molar-refractivity contribution in [1.82, 2.24) is 9.55 Å². The normalized spacial score (nSPS) is 15.0. The van der Waals surface area contributed by atoms with Crippen molar-refractivity contribution in [2.75, 3.05) is 0 Å². The van der Waals surface area contributed by atoms with Gasteiger partial charge in [-0.25, -0.2) is 0 Å². The van der Waals surface area contributed by atoms with Gasteiger partial charge in [0.25, 0.3) is 5.56 Å². The second-order valence-corrected chi connectivity index (χ2v) is 8.48. The Balaban J connectivity index is 2.04. The van der Waals surface area contributed by atoms with Crippen LogP contribution in [0.15, 0.2) is 23.0 Å². The van der Waals surface area contributed by atoms with E-state index in [1.165, 1.54) is 29.7 Å². The van der Waals surface area contributed by atoms with Gasteiger partial charge in [-0.2, -0.15) is 0 Å². The molecule has 3 aromatic rings. The van der Waals surface area contributed by atoms with Crippen LogP contribution >= 0.6 is 35.2 Å². The Morgan fingerprint density at radius 3 is 2.76 bits per heavy atom.